The zero-order valence-corrected chi connectivity index (χ0v) is 15.2. The second-order valence-electron chi connectivity index (χ2n) is 6.72. The van der Waals surface area contributed by atoms with E-state index in [0.29, 0.717) is 10.8 Å². The zero-order chi connectivity index (χ0) is 17.6. The first-order chi connectivity index (χ1) is 12.0. The number of aromatic nitrogens is 3. The van der Waals surface area contributed by atoms with Gasteiger partial charge in [0.1, 0.15) is 5.82 Å². The SMILES string of the molecule is Cc1ccc([C@H](c2sc3nc(C)nn3c2O)N2CCC(O)CC2)cc1. The number of nitrogens with zero attached hydrogens (tertiary/aromatic N) is 4. The van der Waals surface area contributed by atoms with Crippen LogP contribution in [0.4, 0.5) is 0 Å². The molecule has 1 saturated heterocycles. The molecule has 0 amide bonds. The Morgan fingerprint density at radius 2 is 1.84 bits per heavy atom. The number of hydrogen-bond donors (Lipinski definition) is 2. The monoisotopic (exact) mass is 358 g/mol. The Balaban J connectivity index is 1.79. The third-order valence-corrected chi connectivity index (χ3v) is 5.88. The van der Waals surface area contributed by atoms with E-state index in [9.17, 15) is 10.2 Å². The molecule has 1 fully saturated rings. The van der Waals surface area contributed by atoms with Crippen LogP contribution in [-0.4, -0.2) is 48.9 Å². The summed E-state index contributed by atoms with van der Waals surface area (Å²) in [5.74, 6) is 0.818. The van der Waals surface area contributed by atoms with E-state index < -0.39 is 0 Å². The highest BCUT2D eigenvalue weighted by Crippen LogP contribution is 2.40. The van der Waals surface area contributed by atoms with Crippen LogP contribution in [0.15, 0.2) is 24.3 Å². The number of hydrogen-bond acceptors (Lipinski definition) is 6. The van der Waals surface area contributed by atoms with Gasteiger partial charge in [-0.2, -0.15) is 4.52 Å². The number of likely N-dealkylation sites (tertiary alicyclic amines) is 1. The van der Waals surface area contributed by atoms with Gasteiger partial charge >= 0.3 is 0 Å². The molecular weight excluding hydrogens is 336 g/mol. The molecule has 132 valence electrons. The Hall–Kier alpha value is -1.96. The third kappa shape index (κ3) is 3.03. The molecule has 0 saturated carbocycles. The molecule has 1 aromatic carbocycles. The maximum atomic E-state index is 10.8. The molecule has 7 heteroatoms. The van der Waals surface area contributed by atoms with Crippen molar-refractivity contribution in [3.8, 4) is 5.88 Å². The lowest BCUT2D eigenvalue weighted by Crippen LogP contribution is -2.38. The number of piperidine rings is 1. The minimum atomic E-state index is -0.228. The predicted octanol–water partition coefficient (Wildman–Crippen LogP) is 2.66. The molecule has 6 nitrogen and oxygen atoms in total. The van der Waals surface area contributed by atoms with E-state index in [2.05, 4.69) is 46.2 Å². The van der Waals surface area contributed by atoms with Crippen molar-refractivity contribution in [3.05, 3.63) is 46.1 Å². The van der Waals surface area contributed by atoms with Gasteiger partial charge in [0.15, 0.2) is 0 Å². The Kier molecular flexibility index (Phi) is 4.23. The summed E-state index contributed by atoms with van der Waals surface area (Å²) in [6.45, 7) is 5.49. The van der Waals surface area contributed by atoms with Gasteiger partial charge in [-0.1, -0.05) is 41.2 Å². The molecule has 0 unspecified atom stereocenters. The van der Waals surface area contributed by atoms with E-state index in [1.54, 1.807) is 0 Å². The number of aliphatic hydroxyl groups excluding tert-OH is 1. The van der Waals surface area contributed by atoms with Crippen LogP contribution in [0, 0.1) is 13.8 Å². The molecule has 2 aromatic heterocycles. The Morgan fingerprint density at radius 1 is 1.16 bits per heavy atom. The van der Waals surface area contributed by atoms with Crippen LogP contribution in [0.1, 0.15) is 40.7 Å². The molecule has 3 heterocycles. The lowest BCUT2D eigenvalue weighted by molar-refractivity contribution is 0.0689. The zero-order valence-electron chi connectivity index (χ0n) is 14.4. The van der Waals surface area contributed by atoms with Crippen LogP contribution in [0.3, 0.4) is 0 Å². The first-order valence-corrected chi connectivity index (χ1v) is 9.38. The summed E-state index contributed by atoms with van der Waals surface area (Å²) in [7, 11) is 0. The summed E-state index contributed by atoms with van der Waals surface area (Å²) in [5.41, 5.74) is 2.34. The molecule has 1 aliphatic heterocycles. The van der Waals surface area contributed by atoms with Gasteiger partial charge in [-0.05, 0) is 32.3 Å². The van der Waals surface area contributed by atoms with E-state index in [0.717, 1.165) is 36.4 Å². The molecule has 1 aliphatic rings. The molecule has 0 aliphatic carbocycles. The minimum Gasteiger partial charge on any atom is -0.492 e. The van der Waals surface area contributed by atoms with Crippen LogP contribution in [0.2, 0.25) is 0 Å². The highest BCUT2D eigenvalue weighted by atomic mass is 32.1. The van der Waals surface area contributed by atoms with Crippen molar-refractivity contribution in [1.29, 1.82) is 0 Å². The highest BCUT2D eigenvalue weighted by Gasteiger charge is 2.31. The van der Waals surface area contributed by atoms with Crippen LogP contribution in [0.25, 0.3) is 4.96 Å². The molecule has 0 spiro atoms. The fourth-order valence-electron chi connectivity index (χ4n) is 3.45. The maximum absolute atomic E-state index is 10.8. The fraction of sp³-hybridized carbons (Fsp3) is 0.444. The normalized spacial score (nSPS) is 18.0. The summed E-state index contributed by atoms with van der Waals surface area (Å²) < 4.78 is 1.52. The molecule has 3 aromatic rings. The molecule has 25 heavy (non-hydrogen) atoms. The number of thiazole rings is 1. The number of aryl methyl sites for hydroxylation is 2. The Morgan fingerprint density at radius 3 is 2.48 bits per heavy atom. The average molecular weight is 358 g/mol. The van der Waals surface area contributed by atoms with Gasteiger partial charge < -0.3 is 10.2 Å². The first-order valence-electron chi connectivity index (χ1n) is 8.56. The summed E-state index contributed by atoms with van der Waals surface area (Å²) in [4.78, 5) is 8.29. The van der Waals surface area contributed by atoms with Gasteiger partial charge in [0, 0.05) is 13.1 Å². The molecule has 4 rings (SSSR count). The topological polar surface area (TPSA) is 73.9 Å². The van der Waals surface area contributed by atoms with Gasteiger partial charge in [-0.25, -0.2) is 4.98 Å². The van der Waals surface area contributed by atoms with Gasteiger partial charge in [0.25, 0.3) is 0 Å². The average Bonchev–Trinajstić information content (AvgIpc) is 3.09. The van der Waals surface area contributed by atoms with E-state index in [4.69, 9.17) is 0 Å². The largest absolute Gasteiger partial charge is 0.492 e. The van der Waals surface area contributed by atoms with Crippen molar-refractivity contribution in [1.82, 2.24) is 19.5 Å². The van der Waals surface area contributed by atoms with Crippen molar-refractivity contribution < 1.29 is 10.2 Å². The van der Waals surface area contributed by atoms with Gasteiger partial charge in [-0.3, -0.25) is 4.90 Å². The summed E-state index contributed by atoms with van der Waals surface area (Å²) in [6, 6.07) is 8.37. The second-order valence-corrected chi connectivity index (χ2v) is 7.73. The highest BCUT2D eigenvalue weighted by molar-refractivity contribution is 7.17. The van der Waals surface area contributed by atoms with Crippen LogP contribution in [0.5, 0.6) is 5.88 Å². The van der Waals surface area contributed by atoms with Gasteiger partial charge in [0.2, 0.25) is 10.8 Å². The lowest BCUT2D eigenvalue weighted by atomic mass is 9.98. The van der Waals surface area contributed by atoms with Crippen molar-refractivity contribution in [2.75, 3.05) is 13.1 Å². The molecule has 1 atom stereocenters. The number of benzene rings is 1. The Bertz CT molecular complexity index is 879. The standard InChI is InChI=1S/C18H22N4O2S/c1-11-3-5-13(6-4-11)15(21-9-7-14(23)8-10-21)16-17(24)22-18(25-16)19-12(2)20-22/h3-6,14-15,23-24H,7-10H2,1-2H3/t15-/m1/s1. The lowest BCUT2D eigenvalue weighted by Gasteiger charge is -2.36. The second kappa shape index (κ2) is 6.40. The van der Waals surface area contributed by atoms with Crippen molar-refractivity contribution in [3.63, 3.8) is 0 Å². The number of fused-ring (bicyclic) bond motifs is 1. The quantitative estimate of drug-likeness (QED) is 0.753. The smallest absolute Gasteiger partial charge is 0.230 e. The summed E-state index contributed by atoms with van der Waals surface area (Å²) in [6.07, 6.45) is 1.28. The van der Waals surface area contributed by atoms with E-state index in [-0.39, 0.29) is 18.0 Å². The number of rotatable bonds is 3. The van der Waals surface area contributed by atoms with E-state index in [1.165, 1.54) is 21.4 Å². The fourth-order valence-corrected chi connectivity index (χ4v) is 4.61. The van der Waals surface area contributed by atoms with Gasteiger partial charge in [0.05, 0.1) is 17.0 Å². The van der Waals surface area contributed by atoms with E-state index >= 15 is 0 Å². The Labute approximate surface area is 150 Å². The predicted molar refractivity (Wildman–Crippen MR) is 97.1 cm³/mol. The summed E-state index contributed by atoms with van der Waals surface area (Å²) in [5, 5.41) is 24.9. The molecule has 2 N–H and O–H groups in total. The minimum absolute atomic E-state index is 0.0538. The maximum Gasteiger partial charge on any atom is 0.230 e. The first kappa shape index (κ1) is 16.5. The molecule has 0 radical (unpaired) electrons. The molecule has 0 bridgehead atoms. The van der Waals surface area contributed by atoms with Crippen LogP contribution in [-0.2, 0) is 0 Å². The van der Waals surface area contributed by atoms with Crippen LogP contribution >= 0.6 is 11.3 Å². The molecular formula is C18H22N4O2S. The van der Waals surface area contributed by atoms with Crippen molar-refractivity contribution in [2.24, 2.45) is 0 Å². The van der Waals surface area contributed by atoms with Crippen molar-refractivity contribution in [2.45, 2.75) is 38.8 Å². The summed E-state index contributed by atoms with van der Waals surface area (Å²) >= 11 is 1.48. The number of aliphatic hydroxyl groups is 1. The van der Waals surface area contributed by atoms with E-state index in [1.807, 2.05) is 6.92 Å². The number of aromatic hydroxyl groups is 1. The van der Waals surface area contributed by atoms with Crippen LogP contribution < -0.4 is 0 Å². The van der Waals surface area contributed by atoms with Crippen molar-refractivity contribution >= 4 is 16.3 Å². The third-order valence-electron chi connectivity index (χ3n) is 4.81. The van der Waals surface area contributed by atoms with Gasteiger partial charge in [-0.15, -0.1) is 5.10 Å².